The lowest BCUT2D eigenvalue weighted by molar-refractivity contribution is 0.0977. The largest absolute Gasteiger partial charge is 0.494 e. The number of nitrogens with zero attached hydrogens (tertiary/aromatic N) is 4. The smallest absolute Gasteiger partial charge is 0.257 e. The van der Waals surface area contributed by atoms with Crippen LogP contribution in [0.15, 0.2) is 42.7 Å². The lowest BCUT2D eigenvalue weighted by Gasteiger charge is -2.11. The Morgan fingerprint density at radius 1 is 1.20 bits per heavy atom. The summed E-state index contributed by atoms with van der Waals surface area (Å²) in [4.78, 5) is 13.1. The van der Waals surface area contributed by atoms with Crippen molar-refractivity contribution in [1.29, 1.82) is 0 Å². The maximum atomic E-state index is 12.4. The number of amides is 1. The first-order valence-electron chi connectivity index (χ1n) is 8.37. The molecule has 2 aromatic heterocycles. The first-order chi connectivity index (χ1) is 14.4. The van der Waals surface area contributed by atoms with Crippen molar-refractivity contribution >= 4 is 68.4 Å². The second-order valence-corrected chi connectivity index (χ2v) is 8.10. The minimum Gasteiger partial charge on any atom is -0.494 e. The zero-order valence-corrected chi connectivity index (χ0v) is 18.4. The fraction of sp³-hybridized carbons (Fsp3) is 0.0556. The predicted octanol–water partition coefficient (Wildman–Crippen LogP) is 4.30. The third kappa shape index (κ3) is 4.21. The first kappa shape index (κ1) is 20.5. The molecule has 30 heavy (non-hydrogen) atoms. The number of nitrogens with one attached hydrogen (secondary N) is 2. The van der Waals surface area contributed by atoms with Crippen LogP contribution in [-0.2, 0) is 0 Å². The van der Waals surface area contributed by atoms with Crippen LogP contribution in [0, 0.1) is 0 Å². The molecule has 0 unspecified atom stereocenters. The maximum absolute atomic E-state index is 12.4. The first-order valence-corrected chi connectivity index (χ1v) is 10.4. The summed E-state index contributed by atoms with van der Waals surface area (Å²) < 4.78 is 6.70. The lowest BCUT2D eigenvalue weighted by atomic mass is 10.2. The Kier molecular flexibility index (Phi) is 5.82. The number of anilines is 1. The fourth-order valence-electron chi connectivity index (χ4n) is 2.60. The zero-order chi connectivity index (χ0) is 21.3. The topological polar surface area (TPSA) is 93.4 Å². The van der Waals surface area contributed by atoms with Crippen LogP contribution in [0.3, 0.4) is 0 Å². The van der Waals surface area contributed by atoms with Gasteiger partial charge in [-0.2, -0.15) is 9.61 Å². The van der Waals surface area contributed by atoms with Gasteiger partial charge in [0.25, 0.3) is 5.91 Å². The number of ether oxygens (including phenoxy) is 1. The standard InChI is InChI=1S/C18H12Cl2N6O2S2/c1-28-14-12(19)6-10(7-13(14)20)15(27)23-17(29)22-11-4-2-9(3-5-11)16-25-26-8-21-24-18(26)30-16/h2-8H,1H3,(H2,22,23,27,29). The average molecular weight is 479 g/mol. The Bertz CT molecular complexity index is 1200. The second-order valence-electron chi connectivity index (χ2n) is 5.92. The highest BCUT2D eigenvalue weighted by atomic mass is 35.5. The van der Waals surface area contributed by atoms with E-state index in [9.17, 15) is 4.79 Å². The predicted molar refractivity (Wildman–Crippen MR) is 121 cm³/mol. The molecule has 4 aromatic rings. The summed E-state index contributed by atoms with van der Waals surface area (Å²) in [6.07, 6.45) is 1.55. The molecule has 0 saturated heterocycles. The molecule has 0 aliphatic rings. The van der Waals surface area contributed by atoms with Gasteiger partial charge in [-0.25, -0.2) is 0 Å². The summed E-state index contributed by atoms with van der Waals surface area (Å²) in [6, 6.07) is 10.4. The summed E-state index contributed by atoms with van der Waals surface area (Å²) in [5.41, 5.74) is 1.89. The van der Waals surface area contributed by atoms with Gasteiger partial charge in [0.05, 0.1) is 17.2 Å². The van der Waals surface area contributed by atoms with E-state index in [2.05, 4.69) is 25.9 Å². The van der Waals surface area contributed by atoms with Crippen LogP contribution in [0.1, 0.15) is 10.4 Å². The summed E-state index contributed by atoms with van der Waals surface area (Å²) in [5, 5.41) is 19.1. The molecule has 4 rings (SSSR count). The Labute approximate surface area is 189 Å². The summed E-state index contributed by atoms with van der Waals surface area (Å²) in [5.74, 6) is -0.143. The van der Waals surface area contributed by atoms with E-state index in [0.717, 1.165) is 15.5 Å². The molecule has 0 aliphatic carbocycles. The molecule has 0 bridgehead atoms. The van der Waals surface area contributed by atoms with Gasteiger partial charge in [0.1, 0.15) is 11.3 Å². The van der Waals surface area contributed by atoms with Gasteiger partial charge in [0.15, 0.2) is 10.9 Å². The van der Waals surface area contributed by atoms with Gasteiger partial charge in [0.2, 0.25) is 4.96 Å². The van der Waals surface area contributed by atoms with E-state index in [1.165, 1.54) is 30.6 Å². The third-order valence-corrected chi connectivity index (χ3v) is 5.70. The Hall–Kier alpha value is -2.79. The molecule has 0 saturated carbocycles. The van der Waals surface area contributed by atoms with E-state index in [-0.39, 0.29) is 20.7 Å². The van der Waals surface area contributed by atoms with E-state index in [0.29, 0.717) is 11.4 Å². The molecule has 0 atom stereocenters. The number of thiocarbonyl (C=S) groups is 1. The van der Waals surface area contributed by atoms with Crippen LogP contribution in [0.25, 0.3) is 15.5 Å². The molecular formula is C18H12Cl2N6O2S2. The number of hydrogen-bond donors (Lipinski definition) is 2. The van der Waals surface area contributed by atoms with Crippen molar-refractivity contribution in [2.24, 2.45) is 0 Å². The van der Waals surface area contributed by atoms with Crippen LogP contribution in [0.5, 0.6) is 5.75 Å². The van der Waals surface area contributed by atoms with Crippen molar-refractivity contribution < 1.29 is 9.53 Å². The second kappa shape index (κ2) is 8.52. The Morgan fingerprint density at radius 2 is 1.90 bits per heavy atom. The van der Waals surface area contributed by atoms with Gasteiger partial charge < -0.3 is 10.1 Å². The molecular weight excluding hydrogens is 467 g/mol. The number of benzene rings is 2. The number of halogens is 2. The molecule has 2 aromatic carbocycles. The fourth-order valence-corrected chi connectivity index (χ4v) is 4.27. The number of methoxy groups -OCH3 is 1. The van der Waals surface area contributed by atoms with Gasteiger partial charge in [0, 0.05) is 16.8 Å². The van der Waals surface area contributed by atoms with Crippen LogP contribution < -0.4 is 15.4 Å². The molecule has 0 fully saturated rings. The van der Waals surface area contributed by atoms with E-state index < -0.39 is 5.91 Å². The van der Waals surface area contributed by atoms with Crippen molar-refractivity contribution in [2.45, 2.75) is 0 Å². The third-order valence-electron chi connectivity index (χ3n) is 3.97. The molecule has 0 aliphatic heterocycles. The number of hydrogen-bond acceptors (Lipinski definition) is 7. The van der Waals surface area contributed by atoms with Crippen LogP contribution in [-0.4, -0.2) is 37.9 Å². The van der Waals surface area contributed by atoms with Gasteiger partial charge in [-0.1, -0.05) is 34.5 Å². The van der Waals surface area contributed by atoms with E-state index in [1.54, 1.807) is 10.8 Å². The van der Waals surface area contributed by atoms with Crippen molar-refractivity contribution in [2.75, 3.05) is 12.4 Å². The Morgan fingerprint density at radius 3 is 2.53 bits per heavy atom. The van der Waals surface area contributed by atoms with Gasteiger partial charge in [-0.3, -0.25) is 10.1 Å². The Balaban J connectivity index is 1.41. The number of fused-ring (bicyclic) bond motifs is 1. The molecule has 0 radical (unpaired) electrons. The van der Waals surface area contributed by atoms with Crippen LogP contribution >= 0.6 is 46.8 Å². The number of carbonyl (C=O) groups is 1. The zero-order valence-electron chi connectivity index (χ0n) is 15.2. The highest BCUT2D eigenvalue weighted by Gasteiger charge is 2.15. The van der Waals surface area contributed by atoms with Gasteiger partial charge in [-0.05, 0) is 48.6 Å². The summed E-state index contributed by atoms with van der Waals surface area (Å²) in [7, 11) is 1.45. The summed E-state index contributed by atoms with van der Waals surface area (Å²) >= 11 is 18.8. The molecule has 0 spiro atoms. The van der Waals surface area contributed by atoms with E-state index in [1.807, 2.05) is 24.3 Å². The number of aromatic nitrogens is 4. The monoisotopic (exact) mass is 478 g/mol. The molecule has 2 N–H and O–H groups in total. The van der Waals surface area contributed by atoms with Crippen molar-refractivity contribution in [3.63, 3.8) is 0 Å². The van der Waals surface area contributed by atoms with Crippen molar-refractivity contribution in [1.82, 2.24) is 25.1 Å². The van der Waals surface area contributed by atoms with Gasteiger partial charge >= 0.3 is 0 Å². The van der Waals surface area contributed by atoms with Crippen molar-refractivity contribution in [3.05, 3.63) is 58.3 Å². The van der Waals surface area contributed by atoms with Gasteiger partial charge in [-0.15, -0.1) is 10.2 Å². The van der Waals surface area contributed by atoms with E-state index >= 15 is 0 Å². The number of carbonyl (C=O) groups excluding carboxylic acids is 1. The van der Waals surface area contributed by atoms with E-state index in [4.69, 9.17) is 40.2 Å². The van der Waals surface area contributed by atoms with Crippen molar-refractivity contribution in [3.8, 4) is 16.3 Å². The van der Waals surface area contributed by atoms with Crippen LogP contribution in [0.2, 0.25) is 10.0 Å². The minimum absolute atomic E-state index is 0.134. The average Bonchev–Trinajstić information content (AvgIpc) is 3.30. The quantitative estimate of drug-likeness (QED) is 0.422. The van der Waals surface area contributed by atoms with Crippen LogP contribution in [0.4, 0.5) is 5.69 Å². The maximum Gasteiger partial charge on any atom is 0.257 e. The molecule has 1 amide bonds. The molecule has 2 heterocycles. The SMILES string of the molecule is COc1c(Cl)cc(C(=O)NC(=S)Nc2ccc(-c3nn4cnnc4s3)cc2)cc1Cl. The highest BCUT2D eigenvalue weighted by Crippen LogP contribution is 2.33. The molecule has 8 nitrogen and oxygen atoms in total. The highest BCUT2D eigenvalue weighted by molar-refractivity contribution is 7.80. The molecule has 152 valence electrons. The lowest BCUT2D eigenvalue weighted by Crippen LogP contribution is -2.34. The number of rotatable bonds is 4. The molecule has 12 heteroatoms. The minimum atomic E-state index is -0.449. The normalized spacial score (nSPS) is 10.8. The summed E-state index contributed by atoms with van der Waals surface area (Å²) in [6.45, 7) is 0.